The Morgan fingerprint density at radius 2 is 1.84 bits per heavy atom. The largest absolute Gasteiger partial charge is 0.452 e. The summed E-state index contributed by atoms with van der Waals surface area (Å²) in [6, 6.07) is 9.62. The molecular weight excluding hydrogens is 262 g/mol. The van der Waals surface area contributed by atoms with E-state index in [1.807, 2.05) is 44.2 Å². The summed E-state index contributed by atoms with van der Waals surface area (Å²) in [7, 11) is 0. The van der Waals surface area contributed by atoms with E-state index in [9.17, 15) is 9.59 Å². The Hall–Kier alpha value is -1.49. The number of hydrogen-bond acceptors (Lipinski definition) is 4. The predicted molar refractivity (Wildman–Crippen MR) is 76.0 cm³/mol. The molecule has 0 spiro atoms. The summed E-state index contributed by atoms with van der Waals surface area (Å²) in [6.45, 7) is 5.29. The van der Waals surface area contributed by atoms with Crippen LogP contribution in [0.1, 0.15) is 20.8 Å². The van der Waals surface area contributed by atoms with E-state index in [1.54, 1.807) is 6.92 Å². The van der Waals surface area contributed by atoms with Crippen molar-refractivity contribution in [3.63, 3.8) is 0 Å². The van der Waals surface area contributed by atoms with Gasteiger partial charge in [0.15, 0.2) is 6.10 Å². The molecule has 0 heterocycles. The number of hydrogen-bond donors (Lipinski definition) is 1. The highest BCUT2D eigenvalue weighted by Crippen LogP contribution is 2.17. The van der Waals surface area contributed by atoms with E-state index in [2.05, 4.69) is 5.32 Å². The minimum Gasteiger partial charge on any atom is -0.452 e. The van der Waals surface area contributed by atoms with Crippen molar-refractivity contribution >= 4 is 23.6 Å². The Labute approximate surface area is 117 Å². The van der Waals surface area contributed by atoms with Gasteiger partial charge < -0.3 is 10.1 Å². The monoisotopic (exact) mass is 281 g/mol. The third kappa shape index (κ3) is 6.29. The minimum absolute atomic E-state index is 0.0346. The highest BCUT2D eigenvalue weighted by molar-refractivity contribution is 8.00. The molecule has 104 valence electrons. The van der Waals surface area contributed by atoms with Crippen molar-refractivity contribution in [1.29, 1.82) is 0 Å². The molecule has 1 N–H and O–H groups in total. The lowest BCUT2D eigenvalue weighted by Crippen LogP contribution is -2.39. The second-order valence-electron chi connectivity index (χ2n) is 4.40. The smallest absolute Gasteiger partial charge is 0.317 e. The fourth-order valence-corrected chi connectivity index (χ4v) is 2.05. The zero-order chi connectivity index (χ0) is 14.3. The Bertz CT molecular complexity index is 420. The topological polar surface area (TPSA) is 55.4 Å². The first-order valence-corrected chi connectivity index (χ1v) is 7.15. The van der Waals surface area contributed by atoms with Crippen molar-refractivity contribution in [1.82, 2.24) is 5.32 Å². The molecule has 0 aromatic heterocycles. The van der Waals surface area contributed by atoms with E-state index < -0.39 is 6.10 Å². The minimum atomic E-state index is -0.758. The summed E-state index contributed by atoms with van der Waals surface area (Å²) >= 11 is 1.39. The predicted octanol–water partition coefficient (Wildman–Crippen LogP) is 2.23. The van der Waals surface area contributed by atoms with Crippen molar-refractivity contribution in [2.45, 2.75) is 37.8 Å². The quantitative estimate of drug-likeness (QED) is 0.642. The number of esters is 1. The van der Waals surface area contributed by atoms with Crippen LogP contribution in [0.2, 0.25) is 0 Å². The summed E-state index contributed by atoms with van der Waals surface area (Å²) in [5, 5.41) is 2.70. The SMILES string of the molecule is CC(C)NC(=O)[C@H](C)OC(=O)CSc1ccccc1. The van der Waals surface area contributed by atoms with Crippen LogP contribution in [0.5, 0.6) is 0 Å². The van der Waals surface area contributed by atoms with Gasteiger partial charge in [0.2, 0.25) is 0 Å². The van der Waals surface area contributed by atoms with Crippen LogP contribution in [0.3, 0.4) is 0 Å². The fraction of sp³-hybridized carbons (Fsp3) is 0.429. The Morgan fingerprint density at radius 1 is 1.21 bits per heavy atom. The standard InChI is InChI=1S/C14H19NO3S/c1-10(2)15-14(17)11(3)18-13(16)9-19-12-7-5-4-6-8-12/h4-8,10-11H,9H2,1-3H3,(H,15,17)/t11-/m0/s1. The maximum absolute atomic E-state index is 11.6. The van der Waals surface area contributed by atoms with Crippen LogP contribution in [0, 0.1) is 0 Å². The van der Waals surface area contributed by atoms with E-state index in [0.717, 1.165) is 4.90 Å². The van der Waals surface area contributed by atoms with Crippen molar-refractivity contribution < 1.29 is 14.3 Å². The molecule has 4 nitrogen and oxygen atoms in total. The molecule has 0 fully saturated rings. The Kier molecular flexibility index (Phi) is 6.42. The van der Waals surface area contributed by atoms with Crippen molar-refractivity contribution in [2.75, 3.05) is 5.75 Å². The number of ether oxygens (including phenoxy) is 1. The first-order chi connectivity index (χ1) is 8.99. The molecule has 0 radical (unpaired) electrons. The molecule has 0 saturated carbocycles. The van der Waals surface area contributed by atoms with Gasteiger partial charge in [-0.15, -0.1) is 11.8 Å². The van der Waals surface area contributed by atoms with Crippen LogP contribution in [0.25, 0.3) is 0 Å². The molecule has 0 bridgehead atoms. The van der Waals surface area contributed by atoms with Crippen LogP contribution >= 0.6 is 11.8 Å². The van der Waals surface area contributed by atoms with Gasteiger partial charge in [0.05, 0.1) is 5.75 Å². The number of carbonyl (C=O) groups is 2. The second kappa shape index (κ2) is 7.84. The molecule has 1 aromatic carbocycles. The molecule has 19 heavy (non-hydrogen) atoms. The first-order valence-electron chi connectivity index (χ1n) is 6.16. The number of benzene rings is 1. The van der Waals surface area contributed by atoms with Gasteiger partial charge in [-0.25, -0.2) is 0 Å². The Balaban J connectivity index is 2.33. The molecule has 0 saturated heterocycles. The number of amides is 1. The molecule has 1 aromatic rings. The number of carbonyl (C=O) groups excluding carboxylic acids is 2. The van der Waals surface area contributed by atoms with Gasteiger partial charge in [0.1, 0.15) is 0 Å². The summed E-state index contributed by atoms with van der Waals surface area (Å²) in [5.41, 5.74) is 0. The van der Waals surface area contributed by atoms with Gasteiger partial charge in [-0.3, -0.25) is 9.59 Å². The van der Waals surface area contributed by atoms with Crippen molar-refractivity contribution in [2.24, 2.45) is 0 Å². The lowest BCUT2D eigenvalue weighted by Gasteiger charge is -2.15. The summed E-state index contributed by atoms with van der Waals surface area (Å²) in [6.07, 6.45) is -0.758. The summed E-state index contributed by atoms with van der Waals surface area (Å²) in [4.78, 5) is 24.2. The van der Waals surface area contributed by atoms with E-state index in [0.29, 0.717) is 0 Å². The Morgan fingerprint density at radius 3 is 2.42 bits per heavy atom. The molecule has 0 aliphatic carbocycles. The van der Waals surface area contributed by atoms with Crippen LogP contribution in [0.15, 0.2) is 35.2 Å². The average Bonchev–Trinajstić information content (AvgIpc) is 2.36. The number of nitrogens with one attached hydrogen (secondary N) is 1. The van der Waals surface area contributed by atoms with Gasteiger partial charge in [-0.2, -0.15) is 0 Å². The van der Waals surface area contributed by atoms with Crippen LogP contribution < -0.4 is 5.32 Å². The highest BCUT2D eigenvalue weighted by Gasteiger charge is 2.18. The number of thioether (sulfide) groups is 1. The summed E-state index contributed by atoms with van der Waals surface area (Å²) in [5.74, 6) is -0.461. The van der Waals surface area contributed by atoms with Gasteiger partial charge in [0, 0.05) is 10.9 Å². The van der Waals surface area contributed by atoms with Crippen LogP contribution in [-0.4, -0.2) is 29.8 Å². The molecule has 1 amide bonds. The van der Waals surface area contributed by atoms with E-state index in [1.165, 1.54) is 11.8 Å². The van der Waals surface area contributed by atoms with E-state index in [4.69, 9.17) is 4.74 Å². The zero-order valence-electron chi connectivity index (χ0n) is 11.4. The average molecular weight is 281 g/mol. The fourth-order valence-electron chi connectivity index (χ4n) is 1.35. The third-order valence-corrected chi connectivity index (χ3v) is 3.19. The van der Waals surface area contributed by atoms with Gasteiger partial charge in [-0.1, -0.05) is 18.2 Å². The maximum Gasteiger partial charge on any atom is 0.317 e. The lowest BCUT2D eigenvalue weighted by atomic mass is 10.3. The van der Waals surface area contributed by atoms with Gasteiger partial charge >= 0.3 is 5.97 Å². The summed E-state index contributed by atoms with van der Waals surface area (Å²) < 4.78 is 5.06. The molecule has 1 rings (SSSR count). The van der Waals surface area contributed by atoms with E-state index >= 15 is 0 Å². The van der Waals surface area contributed by atoms with Gasteiger partial charge in [0.25, 0.3) is 5.91 Å². The lowest BCUT2D eigenvalue weighted by molar-refractivity contribution is -0.152. The van der Waals surface area contributed by atoms with Crippen LogP contribution in [0.4, 0.5) is 0 Å². The zero-order valence-corrected chi connectivity index (χ0v) is 12.2. The molecule has 5 heteroatoms. The molecule has 0 aliphatic heterocycles. The van der Waals surface area contributed by atoms with Crippen LogP contribution in [-0.2, 0) is 14.3 Å². The highest BCUT2D eigenvalue weighted by atomic mass is 32.2. The molecular formula is C14H19NO3S. The van der Waals surface area contributed by atoms with Crippen molar-refractivity contribution in [3.8, 4) is 0 Å². The molecule has 1 atom stereocenters. The molecule has 0 unspecified atom stereocenters. The van der Waals surface area contributed by atoms with E-state index in [-0.39, 0.29) is 23.7 Å². The first kappa shape index (κ1) is 15.6. The molecule has 0 aliphatic rings. The maximum atomic E-state index is 11.6. The number of rotatable bonds is 6. The second-order valence-corrected chi connectivity index (χ2v) is 5.45. The normalized spacial score (nSPS) is 12.0. The third-order valence-electron chi connectivity index (χ3n) is 2.21. The van der Waals surface area contributed by atoms with Gasteiger partial charge in [-0.05, 0) is 32.9 Å². The van der Waals surface area contributed by atoms with Crippen molar-refractivity contribution in [3.05, 3.63) is 30.3 Å².